The summed E-state index contributed by atoms with van der Waals surface area (Å²) < 4.78 is 21.6. The third-order valence-corrected chi connectivity index (χ3v) is 4.63. The summed E-state index contributed by atoms with van der Waals surface area (Å²) >= 11 is 0. The molecule has 0 amide bonds. The van der Waals surface area contributed by atoms with Gasteiger partial charge >= 0.3 is 0 Å². The molecule has 0 saturated carbocycles. The monoisotopic (exact) mass is 317 g/mol. The highest BCUT2D eigenvalue weighted by Gasteiger charge is 2.30. The predicted molar refractivity (Wildman–Crippen MR) is 87.5 cm³/mol. The zero-order chi connectivity index (χ0) is 16.2. The minimum Gasteiger partial charge on any atom is -0.381 e. The van der Waals surface area contributed by atoms with Gasteiger partial charge in [0.25, 0.3) is 0 Å². The van der Waals surface area contributed by atoms with Crippen molar-refractivity contribution < 1.29 is 9.13 Å². The lowest BCUT2D eigenvalue weighted by Crippen LogP contribution is -2.44. The molecule has 124 valence electrons. The summed E-state index contributed by atoms with van der Waals surface area (Å²) in [4.78, 5) is 6.79. The van der Waals surface area contributed by atoms with E-state index >= 15 is 0 Å². The van der Waals surface area contributed by atoms with Crippen molar-refractivity contribution in [1.29, 1.82) is 0 Å². The third-order valence-electron chi connectivity index (χ3n) is 4.63. The van der Waals surface area contributed by atoms with Gasteiger partial charge in [-0.05, 0) is 24.5 Å². The van der Waals surface area contributed by atoms with Crippen LogP contribution in [0, 0.1) is 11.7 Å². The Morgan fingerprint density at radius 2 is 2.17 bits per heavy atom. The number of aryl methyl sites for hydroxylation is 1. The lowest BCUT2D eigenvalue weighted by molar-refractivity contribution is -0.00900. The maximum atomic E-state index is 14.0. The van der Waals surface area contributed by atoms with Gasteiger partial charge < -0.3 is 9.30 Å². The highest BCUT2D eigenvalue weighted by molar-refractivity contribution is 5.18. The second-order valence-electron chi connectivity index (χ2n) is 6.38. The number of hydrogen-bond acceptors (Lipinski definition) is 3. The number of piperidine rings is 1. The van der Waals surface area contributed by atoms with E-state index in [0.717, 1.165) is 37.3 Å². The molecule has 3 rings (SSSR count). The van der Waals surface area contributed by atoms with Crippen molar-refractivity contribution in [3.05, 3.63) is 53.9 Å². The summed E-state index contributed by atoms with van der Waals surface area (Å²) in [6.45, 7) is 2.73. The second kappa shape index (κ2) is 7.23. The van der Waals surface area contributed by atoms with Crippen molar-refractivity contribution in [1.82, 2.24) is 14.5 Å². The predicted octanol–water partition coefficient (Wildman–Crippen LogP) is 2.64. The van der Waals surface area contributed by atoms with E-state index in [1.165, 1.54) is 6.07 Å². The van der Waals surface area contributed by atoms with Crippen LogP contribution in [0.25, 0.3) is 0 Å². The largest absolute Gasteiger partial charge is 0.381 e. The summed E-state index contributed by atoms with van der Waals surface area (Å²) in [5, 5.41) is 0. The molecule has 0 radical (unpaired) electrons. The van der Waals surface area contributed by atoms with Gasteiger partial charge in [0.2, 0.25) is 0 Å². The quantitative estimate of drug-likeness (QED) is 0.849. The van der Waals surface area contributed by atoms with E-state index in [0.29, 0.717) is 12.3 Å². The number of halogens is 1. The topological polar surface area (TPSA) is 30.3 Å². The van der Waals surface area contributed by atoms with E-state index in [-0.39, 0.29) is 11.9 Å². The summed E-state index contributed by atoms with van der Waals surface area (Å²) in [5.74, 6) is 0.179. The minimum absolute atomic E-state index is 0.121. The van der Waals surface area contributed by atoms with Crippen LogP contribution in [0.15, 0.2) is 36.8 Å². The van der Waals surface area contributed by atoms with E-state index in [1.54, 1.807) is 13.2 Å². The molecule has 1 aliphatic heterocycles. The Hall–Kier alpha value is -1.72. The molecular weight excluding hydrogens is 293 g/mol. The number of nitrogens with zero attached hydrogens (tertiary/aromatic N) is 3. The summed E-state index contributed by atoms with van der Waals surface area (Å²) in [6, 6.07) is 7.04. The number of imidazole rings is 1. The molecule has 1 aromatic carbocycles. The van der Waals surface area contributed by atoms with Crippen LogP contribution < -0.4 is 0 Å². The van der Waals surface area contributed by atoms with Gasteiger partial charge in [-0.1, -0.05) is 18.2 Å². The van der Waals surface area contributed by atoms with Gasteiger partial charge in [-0.3, -0.25) is 4.90 Å². The normalized spacial score (nSPS) is 22.4. The molecule has 0 bridgehead atoms. The molecule has 4 nitrogen and oxygen atoms in total. The van der Waals surface area contributed by atoms with Crippen molar-refractivity contribution in [2.75, 3.05) is 20.2 Å². The Morgan fingerprint density at radius 1 is 1.35 bits per heavy atom. The summed E-state index contributed by atoms with van der Waals surface area (Å²) in [5.41, 5.74) is 1.85. The van der Waals surface area contributed by atoms with E-state index in [2.05, 4.69) is 9.88 Å². The number of benzene rings is 1. The minimum atomic E-state index is -0.121. The van der Waals surface area contributed by atoms with Gasteiger partial charge in [-0.2, -0.15) is 0 Å². The van der Waals surface area contributed by atoms with Crippen molar-refractivity contribution in [2.45, 2.75) is 25.5 Å². The van der Waals surface area contributed by atoms with Crippen molar-refractivity contribution >= 4 is 0 Å². The van der Waals surface area contributed by atoms with Gasteiger partial charge in [0, 0.05) is 45.9 Å². The number of aromatic nitrogens is 2. The van der Waals surface area contributed by atoms with Crippen LogP contribution in [0.2, 0.25) is 0 Å². The SMILES string of the molecule is CO[C@H]1CCN(Cc2cn(C)cn2)C[C@H]1Cc1ccccc1F. The van der Waals surface area contributed by atoms with Crippen LogP contribution in [-0.2, 0) is 24.8 Å². The third kappa shape index (κ3) is 3.98. The molecule has 0 unspecified atom stereocenters. The van der Waals surface area contributed by atoms with E-state index in [9.17, 15) is 4.39 Å². The molecule has 0 spiro atoms. The van der Waals surface area contributed by atoms with Crippen molar-refractivity contribution in [3.63, 3.8) is 0 Å². The zero-order valence-electron chi connectivity index (χ0n) is 13.8. The first-order chi connectivity index (χ1) is 11.2. The maximum Gasteiger partial charge on any atom is 0.126 e. The molecule has 1 fully saturated rings. The Kier molecular flexibility index (Phi) is 5.08. The zero-order valence-corrected chi connectivity index (χ0v) is 13.8. The Labute approximate surface area is 136 Å². The van der Waals surface area contributed by atoms with Crippen LogP contribution in [0.5, 0.6) is 0 Å². The fraction of sp³-hybridized carbons (Fsp3) is 0.500. The highest BCUT2D eigenvalue weighted by Crippen LogP contribution is 2.25. The lowest BCUT2D eigenvalue weighted by atomic mass is 9.88. The summed E-state index contributed by atoms with van der Waals surface area (Å²) in [7, 11) is 3.74. The highest BCUT2D eigenvalue weighted by atomic mass is 19.1. The molecule has 2 atom stereocenters. The fourth-order valence-corrected chi connectivity index (χ4v) is 3.46. The molecule has 1 saturated heterocycles. The second-order valence-corrected chi connectivity index (χ2v) is 6.38. The van der Waals surface area contributed by atoms with Crippen LogP contribution in [0.1, 0.15) is 17.7 Å². The van der Waals surface area contributed by atoms with Gasteiger partial charge in [0.15, 0.2) is 0 Å². The number of likely N-dealkylation sites (tertiary alicyclic amines) is 1. The molecule has 1 aromatic heterocycles. The number of methoxy groups -OCH3 is 1. The molecule has 2 aromatic rings. The standard InChI is InChI=1S/C18H24FN3O/c1-21-11-16(20-13-21)12-22-8-7-18(23-2)15(10-22)9-14-5-3-4-6-17(14)19/h3-6,11,13,15,18H,7-10,12H2,1-2H3/t15-,18+/m1/s1. The van der Waals surface area contributed by atoms with Gasteiger partial charge in [0.1, 0.15) is 5.82 Å². The van der Waals surface area contributed by atoms with Gasteiger partial charge in [0.05, 0.1) is 18.1 Å². The van der Waals surface area contributed by atoms with Crippen LogP contribution in [-0.4, -0.2) is 40.8 Å². The van der Waals surface area contributed by atoms with E-state index < -0.39 is 0 Å². The molecule has 1 aliphatic rings. The average Bonchev–Trinajstić information content (AvgIpc) is 2.95. The number of rotatable bonds is 5. The Morgan fingerprint density at radius 3 is 2.87 bits per heavy atom. The first kappa shape index (κ1) is 16.1. The smallest absolute Gasteiger partial charge is 0.126 e. The number of ether oxygens (including phenoxy) is 1. The molecular formula is C18H24FN3O. The summed E-state index contributed by atoms with van der Waals surface area (Å²) in [6.07, 6.45) is 5.75. The number of hydrogen-bond donors (Lipinski definition) is 0. The fourth-order valence-electron chi connectivity index (χ4n) is 3.46. The van der Waals surface area contributed by atoms with Crippen molar-refractivity contribution in [2.24, 2.45) is 13.0 Å². The molecule has 0 aliphatic carbocycles. The molecule has 2 heterocycles. The van der Waals surface area contributed by atoms with E-state index in [4.69, 9.17) is 4.74 Å². The first-order valence-corrected chi connectivity index (χ1v) is 8.11. The molecule has 23 heavy (non-hydrogen) atoms. The Bertz CT molecular complexity index is 643. The average molecular weight is 317 g/mol. The van der Waals surface area contributed by atoms with E-state index in [1.807, 2.05) is 36.3 Å². The Balaban J connectivity index is 1.67. The molecule has 0 N–H and O–H groups in total. The molecule has 5 heteroatoms. The van der Waals surface area contributed by atoms with Gasteiger partial charge in [-0.15, -0.1) is 0 Å². The van der Waals surface area contributed by atoms with Crippen molar-refractivity contribution in [3.8, 4) is 0 Å². The maximum absolute atomic E-state index is 14.0. The van der Waals surface area contributed by atoms with Crippen LogP contribution in [0.3, 0.4) is 0 Å². The lowest BCUT2D eigenvalue weighted by Gasteiger charge is -2.37. The first-order valence-electron chi connectivity index (χ1n) is 8.11. The van der Waals surface area contributed by atoms with Crippen LogP contribution in [0.4, 0.5) is 4.39 Å². The van der Waals surface area contributed by atoms with Crippen LogP contribution >= 0.6 is 0 Å². The van der Waals surface area contributed by atoms with Gasteiger partial charge in [-0.25, -0.2) is 9.37 Å².